The van der Waals surface area contributed by atoms with Gasteiger partial charge >= 0.3 is 0 Å². The van der Waals surface area contributed by atoms with E-state index in [1.54, 1.807) is 30.9 Å². The Balaban J connectivity index is 2.78. The summed E-state index contributed by atoms with van der Waals surface area (Å²) in [6.45, 7) is 6.25. The Hall–Kier alpha value is -1.35. The van der Waals surface area contributed by atoms with Gasteiger partial charge < -0.3 is 10.0 Å². The minimum Gasteiger partial charge on any atom is -0.389 e. The third-order valence-electron chi connectivity index (χ3n) is 2.27. The van der Waals surface area contributed by atoms with E-state index >= 15 is 0 Å². The van der Waals surface area contributed by atoms with Crippen LogP contribution in [0.2, 0.25) is 0 Å². The molecule has 1 aromatic carbocycles. The molecule has 0 aliphatic heterocycles. The van der Waals surface area contributed by atoms with Crippen molar-refractivity contribution < 1.29 is 9.90 Å². The second kappa shape index (κ2) is 5.12. The molecule has 0 spiro atoms. The van der Waals surface area contributed by atoms with Crippen molar-refractivity contribution in [1.29, 1.82) is 0 Å². The second-order valence-corrected chi connectivity index (χ2v) is 4.50. The predicted octanol–water partition coefficient (Wildman–Crippen LogP) is 1.92. The molecule has 1 N–H and O–H groups in total. The van der Waals surface area contributed by atoms with Crippen LogP contribution < -0.4 is 0 Å². The number of hydrogen-bond donors (Lipinski definition) is 1. The SMILES string of the molecule is CCN(CC(C)(C)O)C(=O)c1ccccc1. The van der Waals surface area contributed by atoms with Gasteiger partial charge in [-0.05, 0) is 32.9 Å². The number of aliphatic hydroxyl groups is 1. The summed E-state index contributed by atoms with van der Waals surface area (Å²) in [4.78, 5) is 13.7. The molecule has 0 saturated carbocycles. The van der Waals surface area contributed by atoms with E-state index < -0.39 is 5.60 Å². The average Bonchev–Trinajstić information content (AvgIpc) is 2.25. The summed E-state index contributed by atoms with van der Waals surface area (Å²) in [5.74, 6) is -0.0368. The van der Waals surface area contributed by atoms with Crippen molar-refractivity contribution in [1.82, 2.24) is 4.90 Å². The van der Waals surface area contributed by atoms with E-state index in [0.717, 1.165) is 0 Å². The maximum Gasteiger partial charge on any atom is 0.253 e. The van der Waals surface area contributed by atoms with E-state index in [1.807, 2.05) is 25.1 Å². The molecule has 0 heterocycles. The first-order valence-corrected chi connectivity index (χ1v) is 5.51. The molecule has 1 amide bonds. The van der Waals surface area contributed by atoms with Gasteiger partial charge in [0.1, 0.15) is 0 Å². The lowest BCUT2D eigenvalue weighted by molar-refractivity contribution is 0.0314. The molecular formula is C13H19NO2. The van der Waals surface area contributed by atoms with Crippen molar-refractivity contribution in [2.45, 2.75) is 26.4 Å². The largest absolute Gasteiger partial charge is 0.389 e. The molecule has 0 saturated heterocycles. The van der Waals surface area contributed by atoms with Gasteiger partial charge in [-0.2, -0.15) is 0 Å². The van der Waals surface area contributed by atoms with Crippen molar-refractivity contribution in [3.8, 4) is 0 Å². The molecule has 0 unspecified atom stereocenters. The Bertz CT molecular complexity index is 341. The Morgan fingerprint density at radius 2 is 1.88 bits per heavy atom. The Kier molecular flexibility index (Phi) is 4.07. The number of benzene rings is 1. The van der Waals surface area contributed by atoms with Crippen molar-refractivity contribution >= 4 is 5.91 Å². The smallest absolute Gasteiger partial charge is 0.253 e. The summed E-state index contributed by atoms with van der Waals surface area (Å²) >= 11 is 0. The second-order valence-electron chi connectivity index (χ2n) is 4.50. The first-order valence-electron chi connectivity index (χ1n) is 5.51. The maximum atomic E-state index is 12.1. The van der Waals surface area contributed by atoms with Crippen LogP contribution in [0, 0.1) is 0 Å². The predicted molar refractivity (Wildman–Crippen MR) is 64.3 cm³/mol. The molecule has 0 fully saturated rings. The first kappa shape index (κ1) is 12.7. The molecule has 3 nitrogen and oxygen atoms in total. The van der Waals surface area contributed by atoms with Gasteiger partial charge in [0, 0.05) is 18.7 Å². The van der Waals surface area contributed by atoms with Gasteiger partial charge in [0.2, 0.25) is 0 Å². The monoisotopic (exact) mass is 221 g/mol. The molecule has 0 aromatic heterocycles. The van der Waals surface area contributed by atoms with Gasteiger partial charge in [-0.1, -0.05) is 18.2 Å². The van der Waals surface area contributed by atoms with E-state index in [0.29, 0.717) is 18.7 Å². The average molecular weight is 221 g/mol. The van der Waals surface area contributed by atoms with E-state index in [9.17, 15) is 9.90 Å². The van der Waals surface area contributed by atoms with E-state index in [4.69, 9.17) is 0 Å². The molecule has 0 bridgehead atoms. The molecule has 16 heavy (non-hydrogen) atoms. The molecule has 3 heteroatoms. The Morgan fingerprint density at radius 3 is 2.31 bits per heavy atom. The quantitative estimate of drug-likeness (QED) is 0.843. The summed E-state index contributed by atoms with van der Waals surface area (Å²) in [5.41, 5.74) is -0.200. The van der Waals surface area contributed by atoms with Crippen LogP contribution in [0.1, 0.15) is 31.1 Å². The summed E-state index contributed by atoms with van der Waals surface area (Å²) in [6, 6.07) is 9.13. The highest BCUT2D eigenvalue weighted by Crippen LogP contribution is 2.09. The van der Waals surface area contributed by atoms with Crippen LogP contribution >= 0.6 is 0 Å². The lowest BCUT2D eigenvalue weighted by Gasteiger charge is -2.28. The highest BCUT2D eigenvalue weighted by Gasteiger charge is 2.21. The highest BCUT2D eigenvalue weighted by atomic mass is 16.3. The molecule has 0 radical (unpaired) electrons. The number of amides is 1. The molecule has 1 aromatic rings. The molecule has 0 aliphatic rings. The number of carbonyl (C=O) groups excluding carboxylic acids is 1. The van der Waals surface area contributed by atoms with Crippen LogP contribution in [-0.4, -0.2) is 34.6 Å². The molecule has 0 atom stereocenters. The first-order chi connectivity index (χ1) is 7.44. The minimum atomic E-state index is -0.861. The van der Waals surface area contributed by atoms with Gasteiger partial charge in [0.05, 0.1) is 5.60 Å². The third kappa shape index (κ3) is 3.66. The van der Waals surface area contributed by atoms with Crippen LogP contribution in [0.15, 0.2) is 30.3 Å². The third-order valence-corrected chi connectivity index (χ3v) is 2.27. The lowest BCUT2D eigenvalue weighted by atomic mass is 10.1. The van der Waals surface area contributed by atoms with Crippen LogP contribution in [0.3, 0.4) is 0 Å². The zero-order valence-corrected chi connectivity index (χ0v) is 10.1. The zero-order chi connectivity index (χ0) is 12.2. The summed E-state index contributed by atoms with van der Waals surface area (Å²) in [5, 5.41) is 9.72. The maximum absolute atomic E-state index is 12.1. The zero-order valence-electron chi connectivity index (χ0n) is 10.1. The Labute approximate surface area is 96.7 Å². The number of likely N-dealkylation sites (N-methyl/N-ethyl adjacent to an activating group) is 1. The molecule has 0 aliphatic carbocycles. The summed E-state index contributed by atoms with van der Waals surface area (Å²) in [7, 11) is 0. The van der Waals surface area contributed by atoms with Crippen molar-refractivity contribution in [2.24, 2.45) is 0 Å². The van der Waals surface area contributed by atoms with E-state index in [-0.39, 0.29) is 5.91 Å². The standard InChI is InChI=1S/C13H19NO2/c1-4-14(10-13(2,3)16)12(15)11-8-6-5-7-9-11/h5-9,16H,4,10H2,1-3H3. The van der Waals surface area contributed by atoms with Crippen LogP contribution in [-0.2, 0) is 0 Å². The van der Waals surface area contributed by atoms with Gasteiger partial charge in [0.25, 0.3) is 5.91 Å². The Morgan fingerprint density at radius 1 is 1.31 bits per heavy atom. The summed E-state index contributed by atoms with van der Waals surface area (Å²) in [6.07, 6.45) is 0. The normalized spacial score (nSPS) is 11.2. The number of carbonyl (C=O) groups is 1. The van der Waals surface area contributed by atoms with Gasteiger partial charge in [-0.3, -0.25) is 4.79 Å². The molecule has 88 valence electrons. The topological polar surface area (TPSA) is 40.5 Å². The minimum absolute atomic E-state index is 0.0368. The van der Waals surface area contributed by atoms with Crippen molar-refractivity contribution in [3.05, 3.63) is 35.9 Å². The van der Waals surface area contributed by atoms with Crippen LogP contribution in [0.4, 0.5) is 0 Å². The van der Waals surface area contributed by atoms with Crippen LogP contribution in [0.25, 0.3) is 0 Å². The van der Waals surface area contributed by atoms with Crippen molar-refractivity contribution in [3.63, 3.8) is 0 Å². The number of rotatable bonds is 4. The van der Waals surface area contributed by atoms with E-state index in [2.05, 4.69) is 0 Å². The fraction of sp³-hybridized carbons (Fsp3) is 0.462. The van der Waals surface area contributed by atoms with Gasteiger partial charge in [-0.25, -0.2) is 0 Å². The molecule has 1 rings (SSSR count). The fourth-order valence-corrected chi connectivity index (χ4v) is 1.56. The summed E-state index contributed by atoms with van der Waals surface area (Å²) < 4.78 is 0. The van der Waals surface area contributed by atoms with Gasteiger partial charge in [-0.15, -0.1) is 0 Å². The fourth-order valence-electron chi connectivity index (χ4n) is 1.56. The van der Waals surface area contributed by atoms with Crippen molar-refractivity contribution in [2.75, 3.05) is 13.1 Å². The lowest BCUT2D eigenvalue weighted by Crippen LogP contribution is -2.42. The number of nitrogens with zero attached hydrogens (tertiary/aromatic N) is 1. The van der Waals surface area contributed by atoms with Crippen LogP contribution in [0.5, 0.6) is 0 Å². The van der Waals surface area contributed by atoms with E-state index in [1.165, 1.54) is 0 Å². The number of hydrogen-bond acceptors (Lipinski definition) is 2. The molecular weight excluding hydrogens is 202 g/mol. The van der Waals surface area contributed by atoms with Gasteiger partial charge in [0.15, 0.2) is 0 Å². The highest BCUT2D eigenvalue weighted by molar-refractivity contribution is 5.94.